The first-order valence-electron chi connectivity index (χ1n) is 9.56. The van der Waals surface area contributed by atoms with E-state index < -0.39 is 0 Å². The molecule has 2 N–H and O–H groups in total. The Kier molecular flexibility index (Phi) is 5.95. The topological polar surface area (TPSA) is 61.9 Å². The summed E-state index contributed by atoms with van der Waals surface area (Å²) in [5, 5.41) is 0. The molecule has 0 spiro atoms. The van der Waals surface area contributed by atoms with E-state index in [1.54, 1.807) is 0 Å². The van der Waals surface area contributed by atoms with Gasteiger partial charge in [-0.25, -0.2) is 4.99 Å². The van der Waals surface area contributed by atoms with Crippen molar-refractivity contribution in [1.29, 1.82) is 0 Å². The maximum atomic E-state index is 12.5. The SMILES string of the molecule is CC1CCCN(C(N)=NCc2ccc(C(=O)N3CCCCC3)cc2)C1. The van der Waals surface area contributed by atoms with Gasteiger partial charge in [0.25, 0.3) is 5.91 Å². The lowest BCUT2D eigenvalue weighted by Gasteiger charge is -2.31. The molecule has 25 heavy (non-hydrogen) atoms. The third-order valence-electron chi connectivity index (χ3n) is 5.25. The van der Waals surface area contributed by atoms with Crippen molar-refractivity contribution in [3.05, 3.63) is 35.4 Å². The summed E-state index contributed by atoms with van der Waals surface area (Å²) in [6.07, 6.45) is 5.93. The van der Waals surface area contributed by atoms with Crippen LogP contribution in [0.15, 0.2) is 29.3 Å². The van der Waals surface area contributed by atoms with Crippen LogP contribution >= 0.6 is 0 Å². The third-order valence-corrected chi connectivity index (χ3v) is 5.25. The molecule has 1 amide bonds. The number of hydrogen-bond donors (Lipinski definition) is 1. The molecular weight excluding hydrogens is 312 g/mol. The van der Waals surface area contributed by atoms with Crippen LogP contribution in [0.4, 0.5) is 0 Å². The summed E-state index contributed by atoms with van der Waals surface area (Å²) < 4.78 is 0. The Hall–Kier alpha value is -2.04. The van der Waals surface area contributed by atoms with Crippen LogP contribution in [-0.4, -0.2) is 47.8 Å². The summed E-state index contributed by atoms with van der Waals surface area (Å²) in [4.78, 5) is 21.2. The Balaban J connectivity index is 1.56. The first-order chi connectivity index (χ1) is 12.1. The first-order valence-corrected chi connectivity index (χ1v) is 9.56. The van der Waals surface area contributed by atoms with Crippen molar-refractivity contribution >= 4 is 11.9 Å². The number of amides is 1. The zero-order valence-corrected chi connectivity index (χ0v) is 15.3. The number of carbonyl (C=O) groups excluding carboxylic acids is 1. The fraction of sp³-hybridized carbons (Fsp3) is 0.600. The smallest absolute Gasteiger partial charge is 0.253 e. The molecule has 2 saturated heterocycles. The normalized spacial score (nSPS) is 22.1. The average molecular weight is 342 g/mol. The van der Waals surface area contributed by atoms with E-state index in [2.05, 4.69) is 16.8 Å². The molecule has 1 aromatic rings. The Bertz CT molecular complexity index is 605. The number of likely N-dealkylation sites (tertiary alicyclic amines) is 2. The van der Waals surface area contributed by atoms with Crippen molar-refractivity contribution in [3.8, 4) is 0 Å². The Morgan fingerprint density at radius 2 is 1.76 bits per heavy atom. The number of nitrogens with two attached hydrogens (primary N) is 1. The van der Waals surface area contributed by atoms with Crippen LogP contribution in [-0.2, 0) is 6.54 Å². The monoisotopic (exact) mass is 342 g/mol. The molecule has 5 nitrogen and oxygen atoms in total. The highest BCUT2D eigenvalue weighted by Gasteiger charge is 2.19. The number of aliphatic imine (C=N–C) groups is 1. The number of carbonyl (C=O) groups is 1. The van der Waals surface area contributed by atoms with Gasteiger partial charge in [0, 0.05) is 31.7 Å². The standard InChI is InChI=1S/C20H30N4O/c1-16-6-5-13-24(15-16)20(21)22-14-17-7-9-18(10-8-17)19(25)23-11-3-2-4-12-23/h7-10,16H,2-6,11-15H2,1H3,(H2,21,22). The fourth-order valence-corrected chi connectivity index (χ4v) is 3.70. The summed E-state index contributed by atoms with van der Waals surface area (Å²) in [6, 6.07) is 7.82. The first kappa shape index (κ1) is 17.8. The molecule has 0 aliphatic carbocycles. The quantitative estimate of drug-likeness (QED) is 0.679. The van der Waals surface area contributed by atoms with E-state index in [1.807, 2.05) is 29.2 Å². The molecular formula is C20H30N4O. The van der Waals surface area contributed by atoms with Gasteiger partial charge in [-0.2, -0.15) is 0 Å². The van der Waals surface area contributed by atoms with Gasteiger partial charge in [0.05, 0.1) is 6.54 Å². The highest BCUT2D eigenvalue weighted by Crippen LogP contribution is 2.16. The summed E-state index contributed by atoms with van der Waals surface area (Å²) in [6.45, 7) is 6.60. The lowest BCUT2D eigenvalue weighted by Crippen LogP contribution is -2.43. The Labute approximate surface area is 150 Å². The third kappa shape index (κ3) is 4.74. The molecule has 1 unspecified atom stereocenters. The number of rotatable bonds is 3. The maximum Gasteiger partial charge on any atom is 0.253 e. The predicted octanol–water partition coefficient (Wildman–Crippen LogP) is 2.86. The molecule has 136 valence electrons. The Morgan fingerprint density at radius 3 is 2.44 bits per heavy atom. The van der Waals surface area contributed by atoms with Gasteiger partial charge in [-0.15, -0.1) is 0 Å². The summed E-state index contributed by atoms with van der Waals surface area (Å²) >= 11 is 0. The summed E-state index contributed by atoms with van der Waals surface area (Å²) in [7, 11) is 0. The predicted molar refractivity (Wildman–Crippen MR) is 101 cm³/mol. The van der Waals surface area contributed by atoms with Gasteiger partial charge >= 0.3 is 0 Å². The molecule has 0 saturated carbocycles. The van der Waals surface area contributed by atoms with Crippen molar-refractivity contribution < 1.29 is 4.79 Å². The number of nitrogens with zero attached hydrogens (tertiary/aromatic N) is 3. The number of guanidine groups is 1. The van der Waals surface area contributed by atoms with E-state index in [-0.39, 0.29) is 5.91 Å². The zero-order valence-electron chi connectivity index (χ0n) is 15.3. The average Bonchev–Trinajstić information content (AvgIpc) is 2.66. The zero-order chi connectivity index (χ0) is 17.6. The van der Waals surface area contributed by atoms with Crippen LogP contribution in [0.25, 0.3) is 0 Å². The fourth-order valence-electron chi connectivity index (χ4n) is 3.70. The van der Waals surface area contributed by atoms with Crippen LogP contribution in [0, 0.1) is 5.92 Å². The molecule has 1 aromatic carbocycles. The Morgan fingerprint density at radius 1 is 1.08 bits per heavy atom. The molecule has 2 aliphatic rings. The van der Waals surface area contributed by atoms with Crippen molar-refractivity contribution in [2.24, 2.45) is 16.6 Å². The second-order valence-electron chi connectivity index (χ2n) is 7.42. The van der Waals surface area contributed by atoms with Gasteiger partial charge in [-0.05, 0) is 55.7 Å². The van der Waals surface area contributed by atoms with Gasteiger partial charge in [-0.1, -0.05) is 19.1 Å². The van der Waals surface area contributed by atoms with E-state index in [9.17, 15) is 4.79 Å². The van der Waals surface area contributed by atoms with E-state index in [0.717, 1.165) is 50.1 Å². The van der Waals surface area contributed by atoms with Gasteiger partial charge in [0.1, 0.15) is 0 Å². The minimum atomic E-state index is 0.150. The van der Waals surface area contributed by atoms with E-state index in [0.29, 0.717) is 18.4 Å². The molecule has 3 rings (SSSR count). The number of hydrogen-bond acceptors (Lipinski definition) is 2. The van der Waals surface area contributed by atoms with Crippen LogP contribution in [0.3, 0.4) is 0 Å². The van der Waals surface area contributed by atoms with Crippen LogP contribution in [0.2, 0.25) is 0 Å². The van der Waals surface area contributed by atoms with Gasteiger partial charge in [0.2, 0.25) is 0 Å². The highest BCUT2D eigenvalue weighted by molar-refractivity contribution is 5.94. The van der Waals surface area contributed by atoms with Crippen LogP contribution in [0.1, 0.15) is 54.9 Å². The molecule has 2 heterocycles. The second-order valence-corrected chi connectivity index (χ2v) is 7.42. The molecule has 0 aromatic heterocycles. The summed E-state index contributed by atoms with van der Waals surface area (Å²) in [5.74, 6) is 1.47. The van der Waals surface area contributed by atoms with Crippen molar-refractivity contribution in [2.75, 3.05) is 26.2 Å². The molecule has 0 radical (unpaired) electrons. The lowest BCUT2D eigenvalue weighted by atomic mass is 10.0. The van der Waals surface area contributed by atoms with E-state index >= 15 is 0 Å². The number of piperidine rings is 2. The number of benzene rings is 1. The van der Waals surface area contributed by atoms with Gasteiger partial charge < -0.3 is 15.5 Å². The van der Waals surface area contributed by atoms with E-state index in [1.165, 1.54) is 19.3 Å². The van der Waals surface area contributed by atoms with E-state index in [4.69, 9.17) is 5.73 Å². The second kappa shape index (κ2) is 8.37. The van der Waals surface area contributed by atoms with Crippen molar-refractivity contribution in [3.63, 3.8) is 0 Å². The van der Waals surface area contributed by atoms with Crippen molar-refractivity contribution in [1.82, 2.24) is 9.80 Å². The molecule has 2 fully saturated rings. The largest absolute Gasteiger partial charge is 0.370 e. The lowest BCUT2D eigenvalue weighted by molar-refractivity contribution is 0.0724. The van der Waals surface area contributed by atoms with Gasteiger partial charge in [0.15, 0.2) is 5.96 Å². The van der Waals surface area contributed by atoms with Crippen molar-refractivity contribution in [2.45, 2.75) is 45.6 Å². The summed E-state index contributed by atoms with van der Waals surface area (Å²) in [5.41, 5.74) is 8.01. The van der Waals surface area contributed by atoms with Gasteiger partial charge in [-0.3, -0.25) is 4.79 Å². The molecule has 0 bridgehead atoms. The minimum Gasteiger partial charge on any atom is -0.370 e. The molecule has 1 atom stereocenters. The minimum absolute atomic E-state index is 0.150. The maximum absolute atomic E-state index is 12.5. The highest BCUT2D eigenvalue weighted by atomic mass is 16.2. The van der Waals surface area contributed by atoms with Crippen LogP contribution < -0.4 is 5.73 Å². The van der Waals surface area contributed by atoms with Crippen LogP contribution in [0.5, 0.6) is 0 Å². The molecule has 5 heteroatoms. The molecule has 2 aliphatic heterocycles.